The van der Waals surface area contributed by atoms with Crippen LogP contribution in [0, 0.1) is 0 Å². The molecule has 0 radical (unpaired) electrons. The lowest BCUT2D eigenvalue weighted by molar-refractivity contribution is -0.155. The van der Waals surface area contributed by atoms with E-state index in [4.69, 9.17) is 14.2 Å². The quantitative estimate of drug-likeness (QED) is 0.580. The summed E-state index contributed by atoms with van der Waals surface area (Å²) in [6, 6.07) is 16.8. The molecule has 2 aromatic carbocycles. The first-order valence-corrected chi connectivity index (χ1v) is 10.8. The number of fused-ring (bicyclic) bond motifs is 1. The van der Waals surface area contributed by atoms with Crippen molar-refractivity contribution in [2.24, 2.45) is 0 Å². The second-order valence-corrected chi connectivity index (χ2v) is 8.01. The predicted octanol–water partition coefficient (Wildman–Crippen LogP) is 2.52. The molecule has 174 valence electrons. The molecule has 0 bridgehead atoms. The SMILES string of the molecule is O=C(Nc1ccc(C(O)C2COCC(=O)N2Cc2ccccn2)cc1)c1ccc2c(c1)OCO2. The molecule has 2 unspecified atom stereocenters. The van der Waals surface area contributed by atoms with Gasteiger partial charge in [0.25, 0.3) is 5.91 Å². The largest absolute Gasteiger partial charge is 0.454 e. The number of benzene rings is 2. The average molecular weight is 461 g/mol. The Morgan fingerprint density at radius 1 is 1.12 bits per heavy atom. The Morgan fingerprint density at radius 2 is 1.94 bits per heavy atom. The van der Waals surface area contributed by atoms with Gasteiger partial charge in [0.05, 0.1) is 24.9 Å². The normalized spacial score (nSPS) is 18.0. The molecule has 2 atom stereocenters. The van der Waals surface area contributed by atoms with Crippen molar-refractivity contribution >= 4 is 17.5 Å². The summed E-state index contributed by atoms with van der Waals surface area (Å²) in [6.45, 7) is 0.610. The van der Waals surface area contributed by atoms with Crippen molar-refractivity contribution in [1.29, 1.82) is 0 Å². The number of aliphatic hydroxyl groups excluding tert-OH is 1. The maximum absolute atomic E-state index is 12.6. The number of hydrogen-bond donors (Lipinski definition) is 2. The minimum Gasteiger partial charge on any atom is -0.454 e. The summed E-state index contributed by atoms with van der Waals surface area (Å²) >= 11 is 0. The van der Waals surface area contributed by atoms with Crippen molar-refractivity contribution in [3.05, 3.63) is 83.7 Å². The lowest BCUT2D eigenvalue weighted by atomic mass is 9.99. The summed E-state index contributed by atoms with van der Waals surface area (Å²) in [5, 5.41) is 13.9. The number of aromatic nitrogens is 1. The van der Waals surface area contributed by atoms with Crippen LogP contribution in [-0.4, -0.2) is 52.9 Å². The number of ether oxygens (including phenoxy) is 3. The van der Waals surface area contributed by atoms with E-state index >= 15 is 0 Å². The molecule has 2 aliphatic heterocycles. The van der Waals surface area contributed by atoms with E-state index in [1.807, 2.05) is 18.2 Å². The Balaban J connectivity index is 1.27. The first-order valence-electron chi connectivity index (χ1n) is 10.8. The van der Waals surface area contributed by atoms with E-state index in [1.54, 1.807) is 53.6 Å². The molecule has 5 rings (SSSR count). The van der Waals surface area contributed by atoms with E-state index in [0.717, 1.165) is 5.69 Å². The summed E-state index contributed by atoms with van der Waals surface area (Å²) in [6.07, 6.45) is 0.703. The zero-order valence-electron chi connectivity index (χ0n) is 18.2. The standard InChI is InChI=1S/C25H23N3O6/c29-23-14-32-13-20(28(23)12-19-3-1-2-10-26-19)24(30)16-4-7-18(8-5-16)27-25(31)17-6-9-21-22(11-17)34-15-33-21/h1-11,20,24,30H,12-15H2,(H,27,31). The molecule has 2 N–H and O–H groups in total. The van der Waals surface area contributed by atoms with Crippen molar-refractivity contribution in [3.63, 3.8) is 0 Å². The summed E-state index contributed by atoms with van der Waals surface area (Å²) in [4.78, 5) is 31.0. The second kappa shape index (κ2) is 9.50. The van der Waals surface area contributed by atoms with Gasteiger partial charge in [-0.25, -0.2) is 0 Å². The van der Waals surface area contributed by atoms with Gasteiger partial charge in [-0.3, -0.25) is 14.6 Å². The van der Waals surface area contributed by atoms with E-state index in [0.29, 0.717) is 28.3 Å². The number of carbonyl (C=O) groups excluding carboxylic acids is 2. The lowest BCUT2D eigenvalue weighted by Gasteiger charge is -2.38. The molecular weight excluding hydrogens is 438 g/mol. The highest BCUT2D eigenvalue weighted by Crippen LogP contribution is 2.33. The molecule has 9 nitrogen and oxygen atoms in total. The molecule has 0 saturated carbocycles. The van der Waals surface area contributed by atoms with Crippen molar-refractivity contribution < 1.29 is 28.9 Å². The number of amides is 2. The number of anilines is 1. The first-order chi connectivity index (χ1) is 16.6. The molecular formula is C25H23N3O6. The third-order valence-electron chi connectivity index (χ3n) is 5.80. The fourth-order valence-electron chi connectivity index (χ4n) is 3.98. The van der Waals surface area contributed by atoms with Crippen LogP contribution in [0.5, 0.6) is 11.5 Å². The summed E-state index contributed by atoms with van der Waals surface area (Å²) in [7, 11) is 0. The molecule has 0 aliphatic carbocycles. The van der Waals surface area contributed by atoms with Gasteiger partial charge in [0, 0.05) is 17.4 Å². The number of morpholine rings is 1. The number of rotatable bonds is 6. The van der Waals surface area contributed by atoms with Gasteiger partial charge in [0.1, 0.15) is 12.7 Å². The third-order valence-corrected chi connectivity index (χ3v) is 5.80. The van der Waals surface area contributed by atoms with Crippen LogP contribution in [0.15, 0.2) is 66.9 Å². The van der Waals surface area contributed by atoms with E-state index in [2.05, 4.69) is 10.3 Å². The summed E-state index contributed by atoms with van der Waals surface area (Å²) in [5.74, 6) is 0.649. The van der Waals surface area contributed by atoms with Crippen molar-refractivity contribution in [1.82, 2.24) is 9.88 Å². The molecule has 2 aliphatic rings. The minimum atomic E-state index is -0.966. The topological polar surface area (TPSA) is 110 Å². The van der Waals surface area contributed by atoms with Gasteiger partial charge in [0.2, 0.25) is 12.7 Å². The Kier molecular flexibility index (Phi) is 6.11. The third kappa shape index (κ3) is 4.57. The molecule has 2 amide bonds. The lowest BCUT2D eigenvalue weighted by Crippen LogP contribution is -2.51. The van der Waals surface area contributed by atoms with Crippen molar-refractivity contribution in [2.45, 2.75) is 18.7 Å². The minimum absolute atomic E-state index is 0.0269. The van der Waals surface area contributed by atoms with Crippen LogP contribution in [0.3, 0.4) is 0 Å². The monoisotopic (exact) mass is 461 g/mol. The molecule has 3 aromatic rings. The molecule has 1 aromatic heterocycles. The fraction of sp³-hybridized carbons (Fsp3) is 0.240. The maximum atomic E-state index is 12.6. The molecule has 34 heavy (non-hydrogen) atoms. The maximum Gasteiger partial charge on any atom is 0.255 e. The van der Waals surface area contributed by atoms with Crippen LogP contribution in [-0.2, 0) is 16.1 Å². The number of nitrogens with zero attached hydrogens (tertiary/aromatic N) is 2. The van der Waals surface area contributed by atoms with E-state index in [-0.39, 0.29) is 38.4 Å². The van der Waals surface area contributed by atoms with Gasteiger partial charge in [-0.15, -0.1) is 0 Å². The van der Waals surface area contributed by atoms with E-state index in [9.17, 15) is 14.7 Å². The van der Waals surface area contributed by atoms with Crippen molar-refractivity contribution in [2.75, 3.05) is 25.3 Å². The van der Waals surface area contributed by atoms with Crippen LogP contribution in [0.4, 0.5) is 5.69 Å². The predicted molar refractivity (Wildman–Crippen MR) is 121 cm³/mol. The molecule has 3 heterocycles. The number of aliphatic hydroxyl groups is 1. The zero-order chi connectivity index (χ0) is 23.5. The van der Waals surface area contributed by atoms with Gasteiger partial charge >= 0.3 is 0 Å². The van der Waals surface area contributed by atoms with Crippen LogP contribution >= 0.6 is 0 Å². The van der Waals surface area contributed by atoms with Crippen molar-refractivity contribution in [3.8, 4) is 11.5 Å². The summed E-state index contributed by atoms with van der Waals surface area (Å²) in [5.41, 5.74) is 2.35. The average Bonchev–Trinajstić information content (AvgIpc) is 3.34. The Bertz CT molecular complexity index is 1190. The van der Waals surface area contributed by atoms with Gasteiger partial charge in [-0.2, -0.15) is 0 Å². The second-order valence-electron chi connectivity index (χ2n) is 8.01. The van der Waals surface area contributed by atoms with Gasteiger partial charge in [0.15, 0.2) is 11.5 Å². The Labute approximate surface area is 195 Å². The smallest absolute Gasteiger partial charge is 0.255 e. The first kappa shape index (κ1) is 21.9. The highest BCUT2D eigenvalue weighted by atomic mass is 16.7. The highest BCUT2D eigenvalue weighted by Gasteiger charge is 2.35. The molecule has 1 fully saturated rings. The molecule has 1 saturated heterocycles. The number of nitrogens with one attached hydrogen (secondary N) is 1. The summed E-state index contributed by atoms with van der Waals surface area (Å²) < 4.78 is 16.0. The van der Waals surface area contributed by atoms with E-state index < -0.39 is 12.1 Å². The molecule has 9 heteroatoms. The Morgan fingerprint density at radius 3 is 2.74 bits per heavy atom. The highest BCUT2D eigenvalue weighted by molar-refractivity contribution is 6.04. The molecule has 0 spiro atoms. The van der Waals surface area contributed by atoms with Gasteiger partial charge in [-0.05, 0) is 48.0 Å². The Hall–Kier alpha value is -3.95. The van der Waals surface area contributed by atoms with Crippen LogP contribution < -0.4 is 14.8 Å². The van der Waals surface area contributed by atoms with E-state index in [1.165, 1.54) is 0 Å². The number of pyridine rings is 1. The van der Waals surface area contributed by atoms with Gasteiger partial charge in [-0.1, -0.05) is 18.2 Å². The fourth-order valence-corrected chi connectivity index (χ4v) is 3.98. The number of hydrogen-bond acceptors (Lipinski definition) is 7. The number of carbonyl (C=O) groups is 2. The van der Waals surface area contributed by atoms with Crippen LogP contribution in [0.25, 0.3) is 0 Å². The van der Waals surface area contributed by atoms with Crippen LogP contribution in [0.2, 0.25) is 0 Å². The van der Waals surface area contributed by atoms with Gasteiger partial charge < -0.3 is 29.5 Å². The zero-order valence-corrected chi connectivity index (χ0v) is 18.2. The van der Waals surface area contributed by atoms with Crippen LogP contribution in [0.1, 0.15) is 27.7 Å².